The van der Waals surface area contributed by atoms with E-state index in [2.05, 4.69) is 187 Å². The number of benzene rings is 8. The molecule has 50 heavy (non-hydrogen) atoms. The van der Waals surface area contributed by atoms with Crippen molar-refractivity contribution in [2.45, 2.75) is 0 Å². The lowest BCUT2D eigenvalue weighted by Crippen LogP contribution is -1.85. The molecule has 2 heteroatoms. The van der Waals surface area contributed by atoms with Gasteiger partial charge in [0, 0.05) is 47.5 Å². The lowest BCUT2D eigenvalue weighted by molar-refractivity contribution is 1.54. The summed E-state index contributed by atoms with van der Waals surface area (Å²) in [6.45, 7) is 0. The molecule has 10 aromatic rings. The molecule has 1 nitrogen and oxygen atoms in total. The smallest absolute Gasteiger partial charge is 0.0465 e. The third-order valence-electron chi connectivity index (χ3n) is 10.0. The van der Waals surface area contributed by atoms with Gasteiger partial charge in [-0.25, -0.2) is 0 Å². The molecule has 10 rings (SSSR count). The van der Waals surface area contributed by atoms with Crippen LogP contribution in [0.15, 0.2) is 182 Å². The molecule has 0 saturated heterocycles. The van der Waals surface area contributed by atoms with Gasteiger partial charge in [-0.3, -0.25) is 0 Å². The van der Waals surface area contributed by atoms with Crippen molar-refractivity contribution < 1.29 is 0 Å². The first-order valence-electron chi connectivity index (χ1n) is 17.1. The van der Waals surface area contributed by atoms with E-state index in [9.17, 15) is 0 Å². The number of hydrogen-bond donors (Lipinski definition) is 1. The summed E-state index contributed by atoms with van der Waals surface area (Å²) < 4.78 is 2.62. The Morgan fingerprint density at radius 1 is 0.300 bits per heavy atom. The average molecular weight is 654 g/mol. The molecule has 0 aliphatic heterocycles. The molecule has 8 aromatic carbocycles. The maximum absolute atomic E-state index is 3.61. The normalized spacial score (nSPS) is 11.6. The zero-order valence-corrected chi connectivity index (χ0v) is 28.0. The summed E-state index contributed by atoms with van der Waals surface area (Å²) in [5, 5.41) is 5.11. The van der Waals surface area contributed by atoms with Crippen LogP contribution in [0.2, 0.25) is 0 Å². The van der Waals surface area contributed by atoms with Gasteiger partial charge in [0.2, 0.25) is 0 Å². The van der Waals surface area contributed by atoms with Gasteiger partial charge in [-0.2, -0.15) is 0 Å². The molecule has 0 spiro atoms. The van der Waals surface area contributed by atoms with Gasteiger partial charge in [0.1, 0.15) is 0 Å². The van der Waals surface area contributed by atoms with Gasteiger partial charge >= 0.3 is 0 Å². The van der Waals surface area contributed by atoms with Crippen molar-refractivity contribution in [3.05, 3.63) is 182 Å². The zero-order valence-electron chi connectivity index (χ0n) is 27.2. The summed E-state index contributed by atoms with van der Waals surface area (Å²) in [5.74, 6) is 0. The summed E-state index contributed by atoms with van der Waals surface area (Å²) in [7, 11) is 0. The van der Waals surface area contributed by atoms with Crippen molar-refractivity contribution in [2.75, 3.05) is 0 Å². The Balaban J connectivity index is 1.15. The van der Waals surface area contributed by atoms with Crippen LogP contribution in [-0.2, 0) is 0 Å². The number of hydrogen-bond acceptors (Lipinski definition) is 1. The van der Waals surface area contributed by atoms with Gasteiger partial charge in [0.25, 0.3) is 0 Å². The third kappa shape index (κ3) is 4.92. The number of rotatable bonds is 5. The number of nitrogens with one attached hydrogen (secondary N) is 1. The highest BCUT2D eigenvalue weighted by atomic mass is 32.1. The van der Waals surface area contributed by atoms with Crippen LogP contribution in [0.25, 0.3) is 97.6 Å². The molecule has 0 atom stereocenters. The molecule has 2 aromatic heterocycles. The van der Waals surface area contributed by atoms with Crippen molar-refractivity contribution >= 4 is 53.3 Å². The van der Waals surface area contributed by atoms with Crippen molar-refractivity contribution in [3.63, 3.8) is 0 Å². The molecule has 0 bridgehead atoms. The number of aromatic nitrogens is 1. The second-order valence-corrected chi connectivity index (χ2v) is 14.1. The Bertz CT molecular complexity index is 2820. The van der Waals surface area contributed by atoms with Crippen LogP contribution in [-0.4, -0.2) is 4.98 Å². The molecule has 0 aliphatic carbocycles. The van der Waals surface area contributed by atoms with Crippen LogP contribution in [0, 0.1) is 0 Å². The predicted octanol–water partition coefficient (Wildman–Crippen LogP) is 14.0. The average Bonchev–Trinajstić information content (AvgIpc) is 3.76. The molecular weight excluding hydrogens is 623 g/mol. The molecule has 2 heterocycles. The second-order valence-electron chi connectivity index (χ2n) is 13.0. The van der Waals surface area contributed by atoms with Crippen LogP contribution in [0.1, 0.15) is 0 Å². The summed E-state index contributed by atoms with van der Waals surface area (Å²) in [6.07, 6.45) is 0. The van der Waals surface area contributed by atoms with Gasteiger partial charge in [-0.05, 0) is 92.5 Å². The minimum absolute atomic E-state index is 1.16. The summed E-state index contributed by atoms with van der Waals surface area (Å²) in [5.41, 5.74) is 14.7. The monoisotopic (exact) mass is 653 g/mol. The van der Waals surface area contributed by atoms with E-state index in [-0.39, 0.29) is 0 Å². The van der Waals surface area contributed by atoms with Crippen molar-refractivity contribution in [1.29, 1.82) is 0 Å². The molecule has 1 N–H and O–H groups in total. The van der Waals surface area contributed by atoms with Gasteiger partial charge in [0.15, 0.2) is 0 Å². The van der Waals surface area contributed by atoms with Crippen LogP contribution in [0.4, 0.5) is 0 Å². The lowest BCUT2D eigenvalue weighted by Gasteiger charge is -2.11. The third-order valence-corrected chi connectivity index (χ3v) is 11.3. The van der Waals surface area contributed by atoms with Crippen molar-refractivity contribution in [3.8, 4) is 55.6 Å². The first kappa shape index (κ1) is 28.8. The molecule has 234 valence electrons. The zero-order chi connectivity index (χ0) is 33.0. The minimum Gasteiger partial charge on any atom is -0.355 e. The van der Waals surface area contributed by atoms with Crippen molar-refractivity contribution in [2.24, 2.45) is 0 Å². The molecule has 0 saturated carbocycles. The van der Waals surface area contributed by atoms with E-state index >= 15 is 0 Å². The maximum Gasteiger partial charge on any atom is 0.0465 e. The van der Waals surface area contributed by atoms with Crippen LogP contribution in [0.5, 0.6) is 0 Å². The van der Waals surface area contributed by atoms with E-state index in [4.69, 9.17) is 0 Å². The summed E-state index contributed by atoms with van der Waals surface area (Å²) in [6, 6.07) is 66.4. The van der Waals surface area contributed by atoms with Gasteiger partial charge < -0.3 is 4.98 Å². The van der Waals surface area contributed by atoms with Gasteiger partial charge in [0.05, 0.1) is 0 Å². The van der Waals surface area contributed by atoms with Crippen LogP contribution < -0.4 is 0 Å². The number of H-pyrrole nitrogens is 1. The summed E-state index contributed by atoms with van der Waals surface area (Å²) >= 11 is 1.89. The highest BCUT2D eigenvalue weighted by Crippen LogP contribution is 2.45. The topological polar surface area (TPSA) is 15.8 Å². The SMILES string of the molecule is c1ccc(-c2ccc(-c3ccc4sc5c(-c6ccc7[nH]c8ccccc8c7c6)cc(-c6ccc(-c7ccccc7)cc6)cc5c4c3)cc2)cc1. The first-order valence-corrected chi connectivity index (χ1v) is 17.9. The standard InChI is InChI=1S/C48H31NS/c1-3-9-31(10-4-1)33-15-19-35(20-16-33)37-24-26-47-43(27-37)44-30-39(36-21-17-34(18-22-36)32-11-5-2-6-12-32)29-41(48(44)50-47)38-23-25-46-42(28-38)40-13-7-8-14-45(40)49-46/h1-30,49H. The lowest BCUT2D eigenvalue weighted by atomic mass is 9.93. The fourth-order valence-corrected chi connectivity index (χ4v) is 8.63. The number of para-hydroxylation sites is 1. The van der Waals surface area contributed by atoms with E-state index in [0.29, 0.717) is 0 Å². The minimum atomic E-state index is 1.16. The Kier molecular flexibility index (Phi) is 6.75. The van der Waals surface area contributed by atoms with Gasteiger partial charge in [-0.15, -0.1) is 11.3 Å². The number of thiophene rings is 1. The maximum atomic E-state index is 3.61. The molecular formula is C48H31NS. The van der Waals surface area contributed by atoms with Crippen LogP contribution in [0.3, 0.4) is 0 Å². The molecule has 0 unspecified atom stereocenters. The van der Waals surface area contributed by atoms with Crippen molar-refractivity contribution in [1.82, 2.24) is 4.98 Å². The fourth-order valence-electron chi connectivity index (χ4n) is 7.43. The Morgan fingerprint density at radius 3 is 1.46 bits per heavy atom. The quantitative estimate of drug-likeness (QED) is 0.190. The van der Waals surface area contributed by atoms with E-state index in [0.717, 1.165) is 5.52 Å². The molecule has 0 aliphatic rings. The Labute approximate surface area is 294 Å². The second kappa shape index (κ2) is 11.7. The number of fused-ring (bicyclic) bond motifs is 6. The molecule has 0 radical (unpaired) electrons. The Hall–Kier alpha value is -6.22. The van der Waals surface area contributed by atoms with E-state index < -0.39 is 0 Å². The summed E-state index contributed by atoms with van der Waals surface area (Å²) in [4.78, 5) is 3.61. The highest BCUT2D eigenvalue weighted by molar-refractivity contribution is 7.26. The highest BCUT2D eigenvalue weighted by Gasteiger charge is 2.16. The van der Waals surface area contributed by atoms with E-state index in [1.165, 1.54) is 92.1 Å². The fraction of sp³-hybridized carbons (Fsp3) is 0. The molecule has 0 amide bonds. The Morgan fingerprint density at radius 2 is 0.780 bits per heavy atom. The van der Waals surface area contributed by atoms with E-state index in [1.807, 2.05) is 11.3 Å². The van der Waals surface area contributed by atoms with E-state index in [1.54, 1.807) is 0 Å². The predicted molar refractivity (Wildman–Crippen MR) is 216 cm³/mol. The van der Waals surface area contributed by atoms with Crippen LogP contribution >= 0.6 is 11.3 Å². The largest absolute Gasteiger partial charge is 0.355 e. The number of aromatic amines is 1. The van der Waals surface area contributed by atoms with Gasteiger partial charge in [-0.1, -0.05) is 140 Å². The molecule has 0 fully saturated rings. The first-order chi connectivity index (χ1) is 24.7.